The highest BCUT2D eigenvalue weighted by Crippen LogP contribution is 2.28. The Labute approximate surface area is 91.8 Å². The van der Waals surface area contributed by atoms with Crippen LogP contribution in [-0.4, -0.2) is 43.7 Å². The van der Waals surface area contributed by atoms with E-state index in [-0.39, 0.29) is 11.3 Å². The maximum atomic E-state index is 11.7. The fraction of sp³-hybridized carbons (Fsp3) is 0.909. The monoisotopic (exact) mass is 214 g/mol. The van der Waals surface area contributed by atoms with Crippen LogP contribution in [0.25, 0.3) is 0 Å². The number of hydrogen-bond acceptors (Lipinski definition) is 3. The SMILES string of the molecule is CCOCCC(=O)N1CCC(C)(CN)C1. The Hall–Kier alpha value is -0.610. The summed E-state index contributed by atoms with van der Waals surface area (Å²) >= 11 is 0. The standard InChI is InChI=1S/C11H22N2O2/c1-3-15-7-4-10(14)13-6-5-11(2,8-12)9-13/h3-9,12H2,1-2H3. The molecule has 2 N–H and O–H groups in total. The molecule has 1 heterocycles. The highest BCUT2D eigenvalue weighted by Gasteiger charge is 2.34. The van der Waals surface area contributed by atoms with Gasteiger partial charge in [-0.2, -0.15) is 0 Å². The molecule has 88 valence electrons. The van der Waals surface area contributed by atoms with Crippen LogP contribution < -0.4 is 5.73 Å². The summed E-state index contributed by atoms with van der Waals surface area (Å²) in [4.78, 5) is 13.6. The van der Waals surface area contributed by atoms with E-state index in [0.717, 1.165) is 19.5 Å². The van der Waals surface area contributed by atoms with Gasteiger partial charge in [0.05, 0.1) is 13.0 Å². The molecule has 1 rings (SSSR count). The molecule has 0 aromatic rings. The van der Waals surface area contributed by atoms with E-state index in [0.29, 0.717) is 26.2 Å². The van der Waals surface area contributed by atoms with Crippen molar-refractivity contribution < 1.29 is 9.53 Å². The zero-order valence-electron chi connectivity index (χ0n) is 9.79. The van der Waals surface area contributed by atoms with E-state index in [4.69, 9.17) is 10.5 Å². The fourth-order valence-corrected chi connectivity index (χ4v) is 1.87. The van der Waals surface area contributed by atoms with E-state index in [1.807, 2.05) is 11.8 Å². The van der Waals surface area contributed by atoms with Crippen molar-refractivity contribution >= 4 is 5.91 Å². The predicted molar refractivity (Wildman–Crippen MR) is 59.5 cm³/mol. The first-order valence-corrected chi connectivity index (χ1v) is 5.67. The van der Waals surface area contributed by atoms with Gasteiger partial charge >= 0.3 is 0 Å². The minimum atomic E-state index is 0.126. The van der Waals surface area contributed by atoms with Crippen LogP contribution in [0, 0.1) is 5.41 Å². The second-order valence-corrected chi connectivity index (χ2v) is 4.53. The minimum Gasteiger partial charge on any atom is -0.381 e. The van der Waals surface area contributed by atoms with Gasteiger partial charge in [-0.15, -0.1) is 0 Å². The van der Waals surface area contributed by atoms with Gasteiger partial charge < -0.3 is 15.4 Å². The third-order valence-electron chi connectivity index (χ3n) is 3.07. The summed E-state index contributed by atoms with van der Waals surface area (Å²) in [5.41, 5.74) is 5.82. The molecule has 4 heteroatoms. The largest absolute Gasteiger partial charge is 0.381 e. The van der Waals surface area contributed by atoms with Crippen LogP contribution in [-0.2, 0) is 9.53 Å². The van der Waals surface area contributed by atoms with Crippen LogP contribution in [0.3, 0.4) is 0 Å². The first-order valence-electron chi connectivity index (χ1n) is 5.67. The molecule has 0 aromatic carbocycles. The maximum Gasteiger partial charge on any atom is 0.224 e. The summed E-state index contributed by atoms with van der Waals surface area (Å²) in [5.74, 6) is 0.195. The number of rotatable bonds is 5. The average molecular weight is 214 g/mol. The second kappa shape index (κ2) is 5.47. The lowest BCUT2D eigenvalue weighted by molar-refractivity contribution is -0.131. The lowest BCUT2D eigenvalue weighted by Gasteiger charge is -2.22. The van der Waals surface area contributed by atoms with Crippen LogP contribution >= 0.6 is 0 Å². The molecular formula is C11H22N2O2. The molecule has 0 spiro atoms. The van der Waals surface area contributed by atoms with Crippen molar-refractivity contribution in [1.82, 2.24) is 4.90 Å². The smallest absolute Gasteiger partial charge is 0.224 e. The minimum absolute atomic E-state index is 0.126. The zero-order valence-corrected chi connectivity index (χ0v) is 9.79. The molecule has 15 heavy (non-hydrogen) atoms. The van der Waals surface area contributed by atoms with Crippen LogP contribution in [0.15, 0.2) is 0 Å². The van der Waals surface area contributed by atoms with Crippen molar-refractivity contribution in [2.45, 2.75) is 26.7 Å². The summed E-state index contributed by atoms with van der Waals surface area (Å²) in [7, 11) is 0. The zero-order chi connectivity index (χ0) is 11.3. The third kappa shape index (κ3) is 3.47. The van der Waals surface area contributed by atoms with E-state index in [9.17, 15) is 4.79 Å². The maximum absolute atomic E-state index is 11.7. The van der Waals surface area contributed by atoms with Crippen LogP contribution in [0.4, 0.5) is 0 Å². The highest BCUT2D eigenvalue weighted by atomic mass is 16.5. The third-order valence-corrected chi connectivity index (χ3v) is 3.07. The Morgan fingerprint density at radius 1 is 1.60 bits per heavy atom. The van der Waals surface area contributed by atoms with Gasteiger partial charge in [-0.05, 0) is 25.3 Å². The van der Waals surface area contributed by atoms with Crippen molar-refractivity contribution in [1.29, 1.82) is 0 Å². The summed E-state index contributed by atoms with van der Waals surface area (Å²) in [6.45, 7) is 7.59. The fourth-order valence-electron chi connectivity index (χ4n) is 1.87. The Kier molecular flexibility index (Phi) is 4.54. The molecule has 1 atom stereocenters. The molecule has 1 saturated heterocycles. The van der Waals surface area contributed by atoms with E-state index >= 15 is 0 Å². The number of amides is 1. The summed E-state index contributed by atoms with van der Waals surface area (Å²) in [6, 6.07) is 0. The molecule has 0 saturated carbocycles. The van der Waals surface area contributed by atoms with Gasteiger partial charge in [0.1, 0.15) is 0 Å². The second-order valence-electron chi connectivity index (χ2n) is 4.53. The Bertz CT molecular complexity index is 221. The number of nitrogens with zero attached hydrogens (tertiary/aromatic N) is 1. The van der Waals surface area contributed by atoms with E-state index < -0.39 is 0 Å². The van der Waals surface area contributed by atoms with Gasteiger partial charge in [-0.1, -0.05) is 6.92 Å². The van der Waals surface area contributed by atoms with E-state index in [1.54, 1.807) is 0 Å². The molecule has 4 nitrogen and oxygen atoms in total. The molecule has 0 aromatic heterocycles. The molecule has 0 radical (unpaired) electrons. The number of nitrogens with two attached hydrogens (primary N) is 1. The van der Waals surface area contributed by atoms with Gasteiger partial charge in [0, 0.05) is 19.7 Å². The topological polar surface area (TPSA) is 55.6 Å². The highest BCUT2D eigenvalue weighted by molar-refractivity contribution is 5.76. The van der Waals surface area contributed by atoms with Crippen molar-refractivity contribution in [2.24, 2.45) is 11.1 Å². The van der Waals surface area contributed by atoms with Gasteiger partial charge in [-0.3, -0.25) is 4.79 Å². The summed E-state index contributed by atoms with van der Waals surface area (Å²) in [6.07, 6.45) is 1.51. The lowest BCUT2D eigenvalue weighted by Crippen LogP contribution is -2.34. The van der Waals surface area contributed by atoms with Crippen molar-refractivity contribution in [2.75, 3.05) is 32.8 Å². The van der Waals surface area contributed by atoms with Crippen molar-refractivity contribution in [3.05, 3.63) is 0 Å². The van der Waals surface area contributed by atoms with Gasteiger partial charge in [0.2, 0.25) is 5.91 Å². The van der Waals surface area contributed by atoms with E-state index in [2.05, 4.69) is 6.92 Å². The molecular weight excluding hydrogens is 192 g/mol. The number of carbonyl (C=O) groups excluding carboxylic acids is 1. The van der Waals surface area contributed by atoms with Crippen molar-refractivity contribution in [3.63, 3.8) is 0 Å². The molecule has 0 aliphatic carbocycles. The predicted octanol–water partition coefficient (Wildman–Crippen LogP) is 0.610. The molecule has 0 bridgehead atoms. The lowest BCUT2D eigenvalue weighted by atomic mass is 9.90. The number of hydrogen-bond donors (Lipinski definition) is 1. The first-order chi connectivity index (χ1) is 7.11. The molecule has 1 amide bonds. The van der Waals surface area contributed by atoms with Gasteiger partial charge in [-0.25, -0.2) is 0 Å². The molecule has 1 unspecified atom stereocenters. The Morgan fingerprint density at radius 3 is 2.87 bits per heavy atom. The van der Waals surface area contributed by atoms with Gasteiger partial charge in [0.25, 0.3) is 0 Å². The van der Waals surface area contributed by atoms with E-state index in [1.165, 1.54) is 0 Å². The Balaban J connectivity index is 2.30. The normalized spacial score (nSPS) is 25.9. The number of likely N-dealkylation sites (tertiary alicyclic amines) is 1. The molecule has 1 fully saturated rings. The van der Waals surface area contributed by atoms with Crippen LogP contribution in [0.1, 0.15) is 26.7 Å². The number of ether oxygens (including phenoxy) is 1. The first kappa shape index (κ1) is 12.5. The quantitative estimate of drug-likeness (QED) is 0.682. The van der Waals surface area contributed by atoms with Crippen molar-refractivity contribution in [3.8, 4) is 0 Å². The summed E-state index contributed by atoms with van der Waals surface area (Å²) < 4.78 is 5.17. The van der Waals surface area contributed by atoms with Crippen LogP contribution in [0.5, 0.6) is 0 Å². The van der Waals surface area contributed by atoms with Crippen LogP contribution in [0.2, 0.25) is 0 Å². The molecule has 1 aliphatic heterocycles. The average Bonchev–Trinajstić information content (AvgIpc) is 2.62. The molecule has 1 aliphatic rings. The number of carbonyl (C=O) groups is 1. The van der Waals surface area contributed by atoms with Gasteiger partial charge in [0.15, 0.2) is 0 Å². The Morgan fingerprint density at radius 2 is 2.33 bits per heavy atom. The summed E-state index contributed by atoms with van der Waals surface area (Å²) in [5, 5.41) is 0.